The fourth-order valence-electron chi connectivity index (χ4n) is 3.68. The molecule has 2 amide bonds. The topological polar surface area (TPSA) is 95.6 Å². The lowest BCUT2D eigenvalue weighted by molar-refractivity contribution is 0.101. The number of carbonyl (C=O) groups is 2. The van der Waals surface area contributed by atoms with E-state index in [0.29, 0.717) is 34.9 Å². The molecule has 1 aromatic heterocycles. The molecule has 0 saturated carbocycles. The number of benzene rings is 2. The number of nitrogens with zero attached hydrogens (tertiary/aromatic N) is 1. The molecule has 0 bridgehead atoms. The molecule has 0 aliphatic carbocycles. The summed E-state index contributed by atoms with van der Waals surface area (Å²) in [6.07, 6.45) is 2.75. The van der Waals surface area contributed by atoms with Crippen molar-refractivity contribution in [3.8, 4) is 0 Å². The zero-order valence-electron chi connectivity index (χ0n) is 18.2. The van der Waals surface area contributed by atoms with Crippen molar-refractivity contribution in [2.75, 3.05) is 23.7 Å². The summed E-state index contributed by atoms with van der Waals surface area (Å²) in [5.41, 5.74) is 2.04. The van der Waals surface area contributed by atoms with E-state index in [0.717, 1.165) is 24.8 Å². The molecule has 1 fully saturated rings. The van der Waals surface area contributed by atoms with Gasteiger partial charge in [-0.05, 0) is 67.1 Å². The fraction of sp³-hybridized carbons (Fsp3) is 0.250. The van der Waals surface area contributed by atoms with Gasteiger partial charge in [0.15, 0.2) is 0 Å². The van der Waals surface area contributed by atoms with Crippen molar-refractivity contribution in [1.29, 1.82) is 0 Å². The number of hydrogen-bond acceptors (Lipinski definition) is 5. The lowest BCUT2D eigenvalue weighted by Crippen LogP contribution is -2.35. The number of thiophene rings is 1. The van der Waals surface area contributed by atoms with Crippen molar-refractivity contribution in [3.05, 3.63) is 76.0 Å². The Hall–Kier alpha value is -3.01. The van der Waals surface area contributed by atoms with Crippen LogP contribution < -0.4 is 10.6 Å². The van der Waals surface area contributed by atoms with Gasteiger partial charge in [0.25, 0.3) is 11.8 Å². The molecular formula is C24H25N3O4S2. The number of hydrogen-bond donors (Lipinski definition) is 2. The molecule has 9 heteroatoms. The van der Waals surface area contributed by atoms with Crippen molar-refractivity contribution in [1.82, 2.24) is 4.31 Å². The first-order valence-corrected chi connectivity index (χ1v) is 13.0. The predicted octanol–water partition coefficient (Wildman–Crippen LogP) is 4.74. The number of rotatable bonds is 6. The largest absolute Gasteiger partial charge is 0.322 e. The maximum atomic E-state index is 13.0. The maximum absolute atomic E-state index is 13.0. The van der Waals surface area contributed by atoms with Gasteiger partial charge in [0.1, 0.15) is 0 Å². The Balaban J connectivity index is 1.51. The van der Waals surface area contributed by atoms with Crippen molar-refractivity contribution < 1.29 is 18.0 Å². The summed E-state index contributed by atoms with van der Waals surface area (Å²) < 4.78 is 27.6. The molecule has 4 rings (SSSR count). The van der Waals surface area contributed by atoms with Crippen molar-refractivity contribution in [2.24, 2.45) is 0 Å². The van der Waals surface area contributed by atoms with Crippen LogP contribution in [0.4, 0.5) is 11.4 Å². The first-order chi connectivity index (χ1) is 15.8. The van der Waals surface area contributed by atoms with Crippen LogP contribution in [0.5, 0.6) is 0 Å². The third-order valence-electron chi connectivity index (χ3n) is 5.54. The molecule has 2 N–H and O–H groups in total. The lowest BCUT2D eigenvalue weighted by atomic mass is 10.1. The molecule has 172 valence electrons. The van der Waals surface area contributed by atoms with Crippen LogP contribution in [0, 0.1) is 6.92 Å². The molecule has 1 saturated heterocycles. The molecule has 0 unspecified atom stereocenters. The number of carbonyl (C=O) groups excluding carboxylic acids is 2. The predicted molar refractivity (Wildman–Crippen MR) is 130 cm³/mol. The van der Waals surface area contributed by atoms with Crippen LogP contribution in [0.2, 0.25) is 0 Å². The highest BCUT2D eigenvalue weighted by Crippen LogP contribution is 2.26. The van der Waals surface area contributed by atoms with Gasteiger partial charge >= 0.3 is 0 Å². The summed E-state index contributed by atoms with van der Waals surface area (Å²) in [6, 6.07) is 14.9. The van der Waals surface area contributed by atoms with Crippen LogP contribution in [0.3, 0.4) is 0 Å². The van der Waals surface area contributed by atoms with Gasteiger partial charge in [0.2, 0.25) is 10.0 Å². The summed E-state index contributed by atoms with van der Waals surface area (Å²) in [5, 5.41) is 7.42. The average molecular weight is 484 g/mol. The van der Waals surface area contributed by atoms with E-state index in [9.17, 15) is 18.0 Å². The first-order valence-electron chi connectivity index (χ1n) is 10.7. The Morgan fingerprint density at radius 3 is 2.42 bits per heavy atom. The Labute approximate surface area is 197 Å². The standard InChI is InChI=1S/C24H25N3O4S2/c1-17-10-11-20(33(30,31)27-12-3-2-4-13-27)16-21(17)26-23(28)18-7-5-8-19(15-18)25-24(29)22-9-6-14-32-22/h5-11,14-16H,2-4,12-13H2,1H3,(H,25,29)(H,26,28). The Morgan fingerprint density at radius 1 is 0.909 bits per heavy atom. The summed E-state index contributed by atoms with van der Waals surface area (Å²) in [6.45, 7) is 2.84. The minimum Gasteiger partial charge on any atom is -0.322 e. The molecule has 0 spiro atoms. The van der Waals surface area contributed by atoms with Gasteiger partial charge in [-0.2, -0.15) is 4.31 Å². The van der Waals surface area contributed by atoms with E-state index < -0.39 is 15.9 Å². The number of sulfonamides is 1. The minimum absolute atomic E-state index is 0.169. The van der Waals surface area contributed by atoms with Crippen LogP contribution >= 0.6 is 11.3 Å². The highest BCUT2D eigenvalue weighted by Gasteiger charge is 2.26. The first kappa shape index (κ1) is 23.2. The van der Waals surface area contributed by atoms with E-state index in [-0.39, 0.29) is 10.8 Å². The van der Waals surface area contributed by atoms with Gasteiger partial charge in [-0.25, -0.2) is 8.42 Å². The van der Waals surface area contributed by atoms with Crippen LogP contribution in [0.25, 0.3) is 0 Å². The van der Waals surface area contributed by atoms with Gasteiger partial charge in [-0.15, -0.1) is 11.3 Å². The second-order valence-electron chi connectivity index (χ2n) is 7.91. The fourth-order valence-corrected chi connectivity index (χ4v) is 5.85. The lowest BCUT2D eigenvalue weighted by Gasteiger charge is -2.26. The molecule has 3 aromatic rings. The number of aryl methyl sites for hydroxylation is 1. The second-order valence-corrected chi connectivity index (χ2v) is 10.8. The van der Waals surface area contributed by atoms with Crippen LogP contribution in [0.15, 0.2) is 64.9 Å². The van der Waals surface area contributed by atoms with E-state index in [1.54, 1.807) is 48.5 Å². The smallest absolute Gasteiger partial charge is 0.265 e. The van der Waals surface area contributed by atoms with Crippen LogP contribution in [-0.4, -0.2) is 37.6 Å². The SMILES string of the molecule is Cc1ccc(S(=O)(=O)N2CCCCC2)cc1NC(=O)c1cccc(NC(=O)c2cccs2)c1. The molecule has 33 heavy (non-hydrogen) atoms. The number of nitrogens with one attached hydrogen (secondary N) is 2. The van der Waals surface area contributed by atoms with Gasteiger partial charge < -0.3 is 10.6 Å². The van der Waals surface area contributed by atoms with E-state index in [4.69, 9.17) is 0 Å². The maximum Gasteiger partial charge on any atom is 0.265 e. The Morgan fingerprint density at radius 2 is 1.70 bits per heavy atom. The van der Waals surface area contributed by atoms with Gasteiger partial charge in [0, 0.05) is 30.0 Å². The van der Waals surface area contributed by atoms with Gasteiger partial charge in [-0.3, -0.25) is 9.59 Å². The normalized spacial score (nSPS) is 14.6. The molecular weight excluding hydrogens is 458 g/mol. The third-order valence-corrected chi connectivity index (χ3v) is 8.30. The monoisotopic (exact) mass is 483 g/mol. The molecule has 0 atom stereocenters. The summed E-state index contributed by atoms with van der Waals surface area (Å²) in [5.74, 6) is -0.633. The molecule has 2 aromatic carbocycles. The van der Waals surface area contributed by atoms with Crippen LogP contribution in [0.1, 0.15) is 44.9 Å². The summed E-state index contributed by atoms with van der Waals surface area (Å²) >= 11 is 1.33. The number of piperidine rings is 1. The van der Waals surface area contributed by atoms with Gasteiger partial charge in [0.05, 0.1) is 9.77 Å². The van der Waals surface area contributed by atoms with Crippen molar-refractivity contribution in [2.45, 2.75) is 31.1 Å². The quantitative estimate of drug-likeness (QED) is 0.530. The Bertz CT molecular complexity index is 1260. The van der Waals surface area contributed by atoms with Gasteiger partial charge in [-0.1, -0.05) is 24.6 Å². The second kappa shape index (κ2) is 9.86. The van der Waals surface area contributed by atoms with Crippen molar-refractivity contribution in [3.63, 3.8) is 0 Å². The average Bonchev–Trinajstić information content (AvgIpc) is 3.36. The summed E-state index contributed by atoms with van der Waals surface area (Å²) in [4.78, 5) is 26.0. The van der Waals surface area contributed by atoms with E-state index in [2.05, 4.69) is 10.6 Å². The van der Waals surface area contributed by atoms with E-state index >= 15 is 0 Å². The zero-order chi connectivity index (χ0) is 23.4. The minimum atomic E-state index is -3.61. The number of amides is 2. The highest BCUT2D eigenvalue weighted by atomic mass is 32.2. The molecule has 1 aliphatic rings. The van der Waals surface area contributed by atoms with E-state index in [1.807, 2.05) is 12.3 Å². The highest BCUT2D eigenvalue weighted by molar-refractivity contribution is 7.89. The van der Waals surface area contributed by atoms with Crippen LogP contribution in [-0.2, 0) is 10.0 Å². The molecule has 1 aliphatic heterocycles. The molecule has 7 nitrogen and oxygen atoms in total. The van der Waals surface area contributed by atoms with E-state index in [1.165, 1.54) is 21.7 Å². The number of anilines is 2. The zero-order valence-corrected chi connectivity index (χ0v) is 19.8. The third kappa shape index (κ3) is 5.32. The molecule has 0 radical (unpaired) electrons. The summed E-state index contributed by atoms with van der Waals surface area (Å²) in [7, 11) is -3.61. The Kier molecular flexibility index (Phi) is 6.92. The van der Waals surface area contributed by atoms with Crippen molar-refractivity contribution >= 4 is 44.5 Å². The molecule has 2 heterocycles.